The van der Waals surface area contributed by atoms with E-state index in [0.29, 0.717) is 5.56 Å². The van der Waals surface area contributed by atoms with E-state index in [1.165, 1.54) is 17.4 Å². The van der Waals surface area contributed by atoms with Gasteiger partial charge in [-0.05, 0) is 46.2 Å². The molecule has 0 bridgehead atoms. The van der Waals surface area contributed by atoms with Crippen molar-refractivity contribution in [2.75, 3.05) is 0 Å². The first kappa shape index (κ1) is 13.4. The molecule has 1 aromatic carbocycles. The SMILES string of the molecule is N[C@H](c1ccsc1)c1cc(Cl)cc(C(F)(F)F)c1. The Bertz CT molecular complexity index is 537. The summed E-state index contributed by atoms with van der Waals surface area (Å²) in [5.74, 6) is 0. The van der Waals surface area contributed by atoms with Crippen LogP contribution in [-0.2, 0) is 6.18 Å². The van der Waals surface area contributed by atoms with Gasteiger partial charge in [0, 0.05) is 5.02 Å². The van der Waals surface area contributed by atoms with Gasteiger partial charge in [-0.15, -0.1) is 0 Å². The standard InChI is InChI=1S/C12H9ClF3NS/c13-10-4-8(3-9(5-10)12(14,15)16)11(17)7-1-2-18-6-7/h1-6,11H,17H2/t11-/m1/s1. The van der Waals surface area contributed by atoms with Gasteiger partial charge in [-0.25, -0.2) is 0 Å². The van der Waals surface area contributed by atoms with Crippen LogP contribution < -0.4 is 5.73 Å². The quantitative estimate of drug-likeness (QED) is 0.868. The largest absolute Gasteiger partial charge is 0.416 e. The summed E-state index contributed by atoms with van der Waals surface area (Å²) in [4.78, 5) is 0. The molecular formula is C12H9ClF3NS. The van der Waals surface area contributed by atoms with E-state index in [4.69, 9.17) is 17.3 Å². The number of hydrogen-bond donors (Lipinski definition) is 1. The maximum Gasteiger partial charge on any atom is 0.416 e. The zero-order chi connectivity index (χ0) is 13.3. The summed E-state index contributed by atoms with van der Waals surface area (Å²) in [6.07, 6.45) is -4.42. The molecule has 6 heteroatoms. The van der Waals surface area contributed by atoms with Gasteiger partial charge in [-0.2, -0.15) is 24.5 Å². The Morgan fingerprint density at radius 2 is 1.89 bits per heavy atom. The van der Waals surface area contributed by atoms with Crippen LogP contribution >= 0.6 is 22.9 Å². The van der Waals surface area contributed by atoms with Gasteiger partial charge in [0.2, 0.25) is 0 Å². The van der Waals surface area contributed by atoms with Crippen molar-refractivity contribution in [3.63, 3.8) is 0 Å². The van der Waals surface area contributed by atoms with E-state index in [0.717, 1.165) is 17.7 Å². The van der Waals surface area contributed by atoms with Crippen molar-refractivity contribution in [1.82, 2.24) is 0 Å². The highest BCUT2D eigenvalue weighted by molar-refractivity contribution is 7.08. The lowest BCUT2D eigenvalue weighted by Gasteiger charge is -2.14. The molecule has 96 valence electrons. The summed E-state index contributed by atoms with van der Waals surface area (Å²) in [5.41, 5.74) is 6.27. The maximum absolute atomic E-state index is 12.7. The number of rotatable bonds is 2. The molecule has 18 heavy (non-hydrogen) atoms. The fraction of sp³-hybridized carbons (Fsp3) is 0.167. The van der Waals surface area contributed by atoms with Crippen molar-refractivity contribution >= 4 is 22.9 Å². The normalized spacial score (nSPS) is 13.6. The van der Waals surface area contributed by atoms with Crippen molar-refractivity contribution in [3.05, 3.63) is 56.7 Å². The van der Waals surface area contributed by atoms with Crippen LogP contribution in [0.1, 0.15) is 22.7 Å². The minimum absolute atomic E-state index is 0.0329. The smallest absolute Gasteiger partial charge is 0.320 e. The average Bonchev–Trinajstić information content (AvgIpc) is 2.79. The Kier molecular flexibility index (Phi) is 3.66. The second-order valence-corrected chi connectivity index (χ2v) is 5.02. The molecule has 1 nitrogen and oxygen atoms in total. The molecule has 1 aromatic heterocycles. The monoisotopic (exact) mass is 291 g/mol. The van der Waals surface area contributed by atoms with Crippen LogP contribution in [0.5, 0.6) is 0 Å². The maximum atomic E-state index is 12.7. The number of benzene rings is 1. The Morgan fingerprint density at radius 3 is 2.44 bits per heavy atom. The average molecular weight is 292 g/mol. The zero-order valence-corrected chi connectivity index (χ0v) is 10.6. The lowest BCUT2D eigenvalue weighted by Crippen LogP contribution is -2.13. The van der Waals surface area contributed by atoms with Crippen molar-refractivity contribution in [3.8, 4) is 0 Å². The second-order valence-electron chi connectivity index (χ2n) is 3.81. The number of nitrogens with two attached hydrogens (primary N) is 1. The first-order chi connectivity index (χ1) is 8.38. The third-order valence-corrected chi connectivity index (χ3v) is 3.43. The molecular weight excluding hydrogens is 283 g/mol. The van der Waals surface area contributed by atoms with Gasteiger partial charge >= 0.3 is 6.18 Å². The molecule has 2 N–H and O–H groups in total. The highest BCUT2D eigenvalue weighted by atomic mass is 35.5. The molecule has 1 atom stereocenters. The third-order valence-electron chi connectivity index (χ3n) is 2.51. The Balaban J connectivity index is 2.43. The molecule has 0 unspecified atom stereocenters. The highest BCUT2D eigenvalue weighted by Gasteiger charge is 2.31. The summed E-state index contributed by atoms with van der Waals surface area (Å²) in [5, 5.41) is 3.66. The van der Waals surface area contributed by atoms with E-state index in [9.17, 15) is 13.2 Å². The van der Waals surface area contributed by atoms with Crippen LogP contribution in [0.15, 0.2) is 35.0 Å². The lowest BCUT2D eigenvalue weighted by molar-refractivity contribution is -0.137. The van der Waals surface area contributed by atoms with Crippen LogP contribution in [0.3, 0.4) is 0 Å². The van der Waals surface area contributed by atoms with Crippen LogP contribution in [0.25, 0.3) is 0 Å². The van der Waals surface area contributed by atoms with Crippen LogP contribution in [0.4, 0.5) is 13.2 Å². The topological polar surface area (TPSA) is 26.0 Å². The number of hydrogen-bond acceptors (Lipinski definition) is 2. The Morgan fingerprint density at radius 1 is 1.17 bits per heavy atom. The van der Waals surface area contributed by atoms with Crippen LogP contribution in [0, 0.1) is 0 Å². The summed E-state index contributed by atoms with van der Waals surface area (Å²) in [6.45, 7) is 0. The van der Waals surface area contributed by atoms with Crippen LogP contribution in [0.2, 0.25) is 5.02 Å². The van der Waals surface area contributed by atoms with Gasteiger partial charge in [-0.1, -0.05) is 11.6 Å². The van der Waals surface area contributed by atoms with Crippen molar-refractivity contribution < 1.29 is 13.2 Å². The molecule has 1 heterocycles. The molecule has 0 saturated carbocycles. The Hall–Kier alpha value is -1.04. The van der Waals surface area contributed by atoms with E-state index >= 15 is 0 Å². The molecule has 0 saturated heterocycles. The minimum Gasteiger partial charge on any atom is -0.320 e. The summed E-state index contributed by atoms with van der Waals surface area (Å²) in [6, 6.07) is 4.57. The van der Waals surface area contributed by atoms with Gasteiger partial charge in [0.25, 0.3) is 0 Å². The van der Waals surface area contributed by atoms with Gasteiger partial charge in [0.1, 0.15) is 0 Å². The fourth-order valence-electron chi connectivity index (χ4n) is 1.60. The van der Waals surface area contributed by atoms with Gasteiger partial charge in [-0.3, -0.25) is 0 Å². The third kappa shape index (κ3) is 2.85. The predicted octanol–water partition coefficient (Wildman–Crippen LogP) is 4.47. The first-order valence-corrected chi connectivity index (χ1v) is 6.35. The number of alkyl halides is 3. The lowest BCUT2D eigenvalue weighted by atomic mass is 10.00. The molecule has 0 aliphatic carbocycles. The van der Waals surface area contributed by atoms with E-state index in [-0.39, 0.29) is 5.02 Å². The second kappa shape index (κ2) is 4.91. The molecule has 0 fully saturated rings. The minimum atomic E-state index is -4.42. The molecule has 0 amide bonds. The molecule has 0 aliphatic rings. The van der Waals surface area contributed by atoms with E-state index in [1.807, 2.05) is 5.38 Å². The van der Waals surface area contributed by atoms with Gasteiger partial charge in [0.15, 0.2) is 0 Å². The van der Waals surface area contributed by atoms with E-state index in [2.05, 4.69) is 0 Å². The fourth-order valence-corrected chi connectivity index (χ4v) is 2.54. The molecule has 2 rings (SSSR count). The van der Waals surface area contributed by atoms with Gasteiger partial charge < -0.3 is 5.73 Å². The van der Waals surface area contributed by atoms with Crippen LogP contribution in [-0.4, -0.2) is 0 Å². The molecule has 0 radical (unpaired) electrons. The molecule has 2 aromatic rings. The van der Waals surface area contributed by atoms with E-state index < -0.39 is 17.8 Å². The summed E-state index contributed by atoms with van der Waals surface area (Å²) < 4.78 is 38.0. The Labute approximate surface area is 111 Å². The summed E-state index contributed by atoms with van der Waals surface area (Å²) in [7, 11) is 0. The van der Waals surface area contributed by atoms with E-state index in [1.54, 1.807) is 11.4 Å². The predicted molar refractivity (Wildman–Crippen MR) is 66.8 cm³/mol. The first-order valence-electron chi connectivity index (χ1n) is 5.03. The number of halogens is 4. The van der Waals surface area contributed by atoms with Crippen molar-refractivity contribution in [2.24, 2.45) is 5.73 Å². The number of thiophene rings is 1. The summed E-state index contributed by atoms with van der Waals surface area (Å²) >= 11 is 7.15. The highest BCUT2D eigenvalue weighted by Crippen LogP contribution is 2.34. The molecule has 0 aliphatic heterocycles. The zero-order valence-electron chi connectivity index (χ0n) is 9.04. The van der Waals surface area contributed by atoms with Gasteiger partial charge in [0.05, 0.1) is 11.6 Å². The van der Waals surface area contributed by atoms with Crippen molar-refractivity contribution in [1.29, 1.82) is 0 Å². The van der Waals surface area contributed by atoms with Crippen molar-refractivity contribution in [2.45, 2.75) is 12.2 Å². The molecule has 0 spiro atoms.